The van der Waals surface area contributed by atoms with E-state index in [1.807, 2.05) is 0 Å². The molecule has 0 aromatic heterocycles. The van der Waals surface area contributed by atoms with E-state index in [2.05, 4.69) is 179 Å². The lowest BCUT2D eigenvalue weighted by Gasteiger charge is -2.68. The molecule has 18 fully saturated rings. The highest BCUT2D eigenvalue weighted by Gasteiger charge is 2.71. The van der Waals surface area contributed by atoms with Crippen molar-refractivity contribution in [2.24, 2.45) is 213 Å². The Bertz CT molecular complexity index is 2790. The third-order valence-corrected chi connectivity index (χ3v) is 42.3. The zero-order valence-corrected chi connectivity index (χ0v) is 71.9. The van der Waals surface area contributed by atoms with Crippen LogP contribution in [0.1, 0.15) is 404 Å². The van der Waals surface area contributed by atoms with Crippen LogP contribution in [-0.4, -0.2) is 0 Å². The minimum atomic E-state index is 0.413. The van der Waals surface area contributed by atoms with Gasteiger partial charge in [-0.1, -0.05) is 204 Å². The first-order valence-electron chi connectivity index (χ1n) is 46.4. The third-order valence-electron chi connectivity index (χ3n) is 42.3. The van der Waals surface area contributed by atoms with E-state index < -0.39 is 0 Å². The summed E-state index contributed by atoms with van der Waals surface area (Å²) in [4.78, 5) is 0. The lowest BCUT2D eigenvalue weighted by atomic mass is 9.36. The fourth-order valence-electron chi connectivity index (χ4n) is 36.3. The molecule has 0 aromatic carbocycles. The van der Waals surface area contributed by atoms with Gasteiger partial charge in [-0.2, -0.15) is 0 Å². The van der Waals surface area contributed by atoms with Gasteiger partial charge in [0.25, 0.3) is 0 Å². The van der Waals surface area contributed by atoms with E-state index in [1.165, 1.54) is 167 Å². The average Bonchev–Trinajstić information content (AvgIpc) is 1.41. The Morgan fingerprint density at radius 2 is 0.990 bits per heavy atom. The van der Waals surface area contributed by atoms with Gasteiger partial charge in [-0.15, -0.1) is 6.58 Å². The largest absolute Gasteiger partial charge is 0.103 e. The smallest absolute Gasteiger partial charge is 0.0144 e. The van der Waals surface area contributed by atoms with Crippen LogP contribution in [0.25, 0.3) is 0 Å². The summed E-state index contributed by atoms with van der Waals surface area (Å²) in [5, 5.41) is 0. The van der Waals surface area contributed by atoms with Crippen LogP contribution in [0.2, 0.25) is 0 Å². The molecular weight excluding hydrogens is 1200 g/mol. The maximum atomic E-state index is 4.17. The van der Waals surface area contributed by atoms with Crippen LogP contribution in [0.4, 0.5) is 0 Å². The molecule has 0 heteroatoms. The Hall–Kier alpha value is -0.260. The van der Waals surface area contributed by atoms with Gasteiger partial charge in [0, 0.05) is 0 Å². The van der Waals surface area contributed by atoms with E-state index in [-0.39, 0.29) is 0 Å². The summed E-state index contributed by atoms with van der Waals surface area (Å²) < 4.78 is 0. The molecule has 18 aliphatic rings. The highest BCUT2D eigenvalue weighted by molar-refractivity contribution is 5.20. The quantitative estimate of drug-likeness (QED) is 0.241. The molecule has 0 aliphatic heterocycles. The molecule has 18 aliphatic carbocycles. The minimum absolute atomic E-state index is 0.413. The first-order chi connectivity index (χ1) is 46.8. The van der Waals surface area contributed by atoms with Crippen molar-refractivity contribution < 1.29 is 0 Å². The van der Waals surface area contributed by atoms with Gasteiger partial charge in [0.2, 0.25) is 0 Å². The molecule has 32 unspecified atom stereocenters. The normalized spacial score (nSPS) is 55.3. The van der Waals surface area contributed by atoms with Crippen LogP contribution in [0.15, 0.2) is 12.7 Å². The zero-order chi connectivity index (χ0) is 72.3. The van der Waals surface area contributed by atoms with E-state index in [0.717, 1.165) is 159 Å². The van der Waals surface area contributed by atoms with Crippen molar-refractivity contribution in [2.45, 2.75) is 404 Å². The molecule has 0 radical (unpaired) electrons. The fourth-order valence-corrected chi connectivity index (χ4v) is 36.3. The molecule has 0 saturated heterocycles. The van der Waals surface area contributed by atoms with Gasteiger partial charge in [-0.3, -0.25) is 0 Å². The predicted molar refractivity (Wildman–Crippen MR) is 434 cm³/mol. The lowest BCUT2D eigenvalue weighted by Crippen LogP contribution is -2.62. The van der Waals surface area contributed by atoms with Crippen LogP contribution in [0, 0.1) is 213 Å². The number of hydrogen-bond donors (Lipinski definition) is 0. The standard InChI is InChI=1S/2C20H34.2C20H36.C20H34/c1-14-13-20-10-6-15(14)12-17(20)19(4)9-5-8-18(2,3)16(19)7-11-20;1-12(2)14-8-9-16-18-17-13(3)6-7-15(17)20(18,5)11-10-19(14,16)4;1-14(2)15-8-9-16-19(5,12-15)13-17-18(3,4)10-7-11-20(16,17)6;1-13(2)16-6-9-19-17(12-16)7-8-18-15(4)14(3)10-11-20(18,19)5;1-6-18(3)13-15-9-8-10-17-19(4,7-2)12-11-16(14-18)20(15,17)5/h14-17H,5-13H2,1-4H3;12-18H,6-11H2,1-5H3;14-17H,7-13H2,1-6H3;13-19H,6-12H2,1-5H3;6,15-17H,1,7-14H2,2-5H3. The number of fused-ring (bicyclic) bond motifs is 15. The van der Waals surface area contributed by atoms with Crippen LogP contribution in [0.5, 0.6) is 0 Å². The molecule has 0 aromatic rings. The SMILES string of the molecule is C=CC1(C)CC2CCCC3C(C)(CC)CCC(C1)C23C.CC(C)C1CCC2C(C)(C1)CC1C(C)(C)CCCC12C.CC(C)C1CCC2C(CCC3C(C)C(C)CCC23C)C1.CC(C)C1CCC2C3C4C(C)CCC4C3(C)CCC12C.CC1CC23CCC1CC2C1(C)CCCC(C)(C)C1CC3. The maximum Gasteiger partial charge on any atom is -0.0144 e. The molecule has 0 amide bonds. The molecule has 100 heavy (non-hydrogen) atoms. The topological polar surface area (TPSA) is 0 Å². The molecule has 32 atom stereocenters. The summed E-state index contributed by atoms with van der Waals surface area (Å²) in [6, 6.07) is 0. The monoisotopic (exact) mass is 1380 g/mol. The van der Waals surface area contributed by atoms with Gasteiger partial charge in [0.1, 0.15) is 0 Å². The van der Waals surface area contributed by atoms with Crippen molar-refractivity contribution >= 4 is 0 Å². The Balaban J connectivity index is 0.000000112. The third kappa shape index (κ3) is 12.7. The van der Waals surface area contributed by atoms with Gasteiger partial charge in [0.05, 0.1) is 0 Å². The Kier molecular flexibility index (Phi) is 21.5. The van der Waals surface area contributed by atoms with Crippen LogP contribution in [-0.2, 0) is 0 Å². The van der Waals surface area contributed by atoms with E-state index in [1.54, 1.807) is 70.6 Å². The molecule has 574 valence electrons. The highest BCUT2D eigenvalue weighted by atomic mass is 14.8. The van der Waals surface area contributed by atoms with Crippen molar-refractivity contribution in [3.05, 3.63) is 12.7 Å². The molecule has 0 N–H and O–H groups in total. The minimum Gasteiger partial charge on any atom is -0.103 e. The second-order valence-corrected chi connectivity index (χ2v) is 48.3. The van der Waals surface area contributed by atoms with Crippen LogP contribution >= 0.6 is 0 Å². The van der Waals surface area contributed by atoms with E-state index in [4.69, 9.17) is 0 Å². The molecule has 0 heterocycles. The summed E-state index contributed by atoms with van der Waals surface area (Å²) in [6.07, 6.45) is 58.2. The predicted octanol–water partition coefficient (Wildman–Crippen LogP) is 30.5. The molecule has 1 spiro atoms. The van der Waals surface area contributed by atoms with Gasteiger partial charge in [-0.05, 0) is 418 Å². The Labute approximate surface area is 625 Å². The Morgan fingerprint density at radius 3 is 1.64 bits per heavy atom. The number of hydrogen-bond acceptors (Lipinski definition) is 0. The fraction of sp³-hybridized carbons (Fsp3) is 0.980. The summed E-state index contributed by atoms with van der Waals surface area (Å²) >= 11 is 0. The number of allylic oxidation sites excluding steroid dienone is 1. The summed E-state index contributed by atoms with van der Waals surface area (Å²) in [5.41, 5.74) is 7.72. The zero-order valence-electron chi connectivity index (χ0n) is 71.9. The second-order valence-electron chi connectivity index (χ2n) is 48.3. The van der Waals surface area contributed by atoms with Crippen LogP contribution < -0.4 is 0 Å². The van der Waals surface area contributed by atoms with E-state index >= 15 is 0 Å². The van der Waals surface area contributed by atoms with Gasteiger partial charge >= 0.3 is 0 Å². The van der Waals surface area contributed by atoms with Gasteiger partial charge in [0.15, 0.2) is 0 Å². The molecule has 18 saturated carbocycles. The van der Waals surface area contributed by atoms with Crippen molar-refractivity contribution in [1.82, 2.24) is 0 Å². The van der Waals surface area contributed by atoms with Crippen molar-refractivity contribution in [3.8, 4) is 0 Å². The maximum absolute atomic E-state index is 4.17. The first-order valence-corrected chi connectivity index (χ1v) is 46.4. The molecular formula is C100H174. The van der Waals surface area contributed by atoms with Crippen molar-refractivity contribution in [3.63, 3.8) is 0 Å². The van der Waals surface area contributed by atoms with Gasteiger partial charge in [-0.25, -0.2) is 0 Å². The Morgan fingerprint density at radius 1 is 0.380 bits per heavy atom. The van der Waals surface area contributed by atoms with Crippen molar-refractivity contribution in [1.29, 1.82) is 0 Å². The highest BCUT2D eigenvalue weighted by Crippen LogP contribution is 2.79. The van der Waals surface area contributed by atoms with E-state index in [9.17, 15) is 0 Å². The summed E-state index contributed by atoms with van der Waals surface area (Å²) in [5.74, 6) is 25.2. The molecule has 0 nitrogen and oxygen atoms in total. The van der Waals surface area contributed by atoms with Crippen molar-refractivity contribution in [2.75, 3.05) is 0 Å². The summed E-state index contributed by atoms with van der Waals surface area (Å²) in [6.45, 7) is 65.7. The number of rotatable bonds is 5. The first kappa shape index (κ1) is 77.9. The second kappa shape index (κ2) is 27.6. The molecule has 2 bridgehead atoms. The van der Waals surface area contributed by atoms with E-state index in [0.29, 0.717) is 54.1 Å². The lowest BCUT2D eigenvalue weighted by molar-refractivity contribution is -0.199. The van der Waals surface area contributed by atoms with Crippen LogP contribution in [0.3, 0.4) is 0 Å². The average molecular weight is 1380 g/mol. The molecule has 18 rings (SSSR count). The summed E-state index contributed by atoms with van der Waals surface area (Å²) in [7, 11) is 0. The van der Waals surface area contributed by atoms with Gasteiger partial charge < -0.3 is 0 Å².